The number of methoxy groups -OCH3 is 1. The molecule has 5 rings (SSSR count). The van der Waals surface area contributed by atoms with E-state index in [1.54, 1.807) is 7.11 Å². The quantitative estimate of drug-likeness (QED) is 0.596. The van der Waals surface area contributed by atoms with Crippen molar-refractivity contribution in [1.82, 2.24) is 9.80 Å². The third kappa shape index (κ3) is 5.29. The van der Waals surface area contributed by atoms with E-state index in [2.05, 4.69) is 59.5 Å². The monoisotopic (exact) mass is 464 g/mol. The predicted molar refractivity (Wildman–Crippen MR) is 131 cm³/mol. The van der Waals surface area contributed by atoms with Crippen LogP contribution in [-0.4, -0.2) is 74.4 Å². The van der Waals surface area contributed by atoms with Crippen LogP contribution in [0.25, 0.3) is 0 Å². The summed E-state index contributed by atoms with van der Waals surface area (Å²) in [5.41, 5.74) is 2.67. The van der Waals surface area contributed by atoms with Crippen LogP contribution in [0.4, 0.5) is 0 Å². The van der Waals surface area contributed by atoms with Crippen LogP contribution in [0.1, 0.15) is 36.3 Å². The second-order valence-corrected chi connectivity index (χ2v) is 9.80. The standard InChI is InChI=1S/C28H36N2O4/c1-32-23-11-9-22(10-12-23)25-17-30(16-21-6-3-2-4-7-21)27-13-14-29(18-26(25)27)28(31)20-33-19-24-8-5-15-34-24/h2-4,6-7,9-12,24-27H,5,8,13-20H2,1H3/t24-,25-,26-,27-/m1/s1. The van der Waals surface area contributed by atoms with Gasteiger partial charge in [-0.2, -0.15) is 0 Å². The molecule has 34 heavy (non-hydrogen) atoms. The topological polar surface area (TPSA) is 51.2 Å². The molecule has 3 heterocycles. The Bertz CT molecular complexity index is 929. The molecule has 0 N–H and O–H groups in total. The second kappa shape index (κ2) is 10.9. The minimum absolute atomic E-state index is 0.103. The maximum Gasteiger partial charge on any atom is 0.248 e. The average Bonchev–Trinajstić information content (AvgIpc) is 3.53. The molecule has 3 aliphatic rings. The van der Waals surface area contributed by atoms with E-state index in [4.69, 9.17) is 14.2 Å². The number of nitrogens with zero attached hydrogens (tertiary/aromatic N) is 2. The van der Waals surface area contributed by atoms with E-state index in [0.29, 0.717) is 24.5 Å². The van der Waals surface area contributed by atoms with Gasteiger partial charge in [-0.3, -0.25) is 9.69 Å². The van der Waals surface area contributed by atoms with E-state index >= 15 is 0 Å². The minimum Gasteiger partial charge on any atom is -0.497 e. The first-order valence-corrected chi connectivity index (χ1v) is 12.6. The molecule has 0 radical (unpaired) electrons. The highest BCUT2D eigenvalue weighted by Crippen LogP contribution is 2.42. The smallest absolute Gasteiger partial charge is 0.248 e. The Balaban J connectivity index is 1.27. The minimum atomic E-state index is 0.103. The van der Waals surface area contributed by atoms with Gasteiger partial charge in [-0.15, -0.1) is 0 Å². The van der Waals surface area contributed by atoms with E-state index in [0.717, 1.165) is 57.8 Å². The molecule has 3 fully saturated rings. The molecule has 0 bridgehead atoms. The zero-order valence-electron chi connectivity index (χ0n) is 20.1. The predicted octanol–water partition coefficient (Wildman–Crippen LogP) is 3.71. The first-order valence-electron chi connectivity index (χ1n) is 12.6. The molecule has 4 atom stereocenters. The third-order valence-corrected chi connectivity index (χ3v) is 7.72. The van der Waals surface area contributed by atoms with Gasteiger partial charge in [0, 0.05) is 50.7 Å². The van der Waals surface area contributed by atoms with E-state index in [9.17, 15) is 4.79 Å². The van der Waals surface area contributed by atoms with Crippen molar-refractivity contribution < 1.29 is 19.0 Å². The molecular weight excluding hydrogens is 428 g/mol. The molecule has 3 saturated heterocycles. The summed E-state index contributed by atoms with van der Waals surface area (Å²) in [5, 5.41) is 0. The summed E-state index contributed by atoms with van der Waals surface area (Å²) in [6.07, 6.45) is 3.27. The Morgan fingerprint density at radius 3 is 2.62 bits per heavy atom. The Morgan fingerprint density at radius 1 is 1.06 bits per heavy atom. The first-order chi connectivity index (χ1) is 16.7. The Kier molecular flexibility index (Phi) is 7.48. The highest BCUT2D eigenvalue weighted by molar-refractivity contribution is 5.77. The molecule has 6 heteroatoms. The molecule has 0 spiro atoms. The summed E-state index contributed by atoms with van der Waals surface area (Å²) < 4.78 is 16.7. The number of likely N-dealkylation sites (tertiary alicyclic amines) is 2. The number of carbonyl (C=O) groups is 1. The zero-order valence-corrected chi connectivity index (χ0v) is 20.1. The highest BCUT2D eigenvalue weighted by Gasteiger charge is 2.45. The molecule has 0 saturated carbocycles. The van der Waals surface area contributed by atoms with Gasteiger partial charge in [0.15, 0.2) is 0 Å². The highest BCUT2D eigenvalue weighted by atomic mass is 16.5. The number of fused-ring (bicyclic) bond motifs is 1. The Morgan fingerprint density at radius 2 is 1.88 bits per heavy atom. The van der Waals surface area contributed by atoms with Crippen LogP contribution in [0.3, 0.4) is 0 Å². The summed E-state index contributed by atoms with van der Waals surface area (Å²) in [6.45, 7) is 5.02. The average molecular weight is 465 g/mol. The van der Waals surface area contributed by atoms with Gasteiger partial charge in [0.1, 0.15) is 12.4 Å². The lowest BCUT2D eigenvalue weighted by molar-refractivity contribution is -0.139. The van der Waals surface area contributed by atoms with Crippen molar-refractivity contribution in [2.75, 3.05) is 46.6 Å². The van der Waals surface area contributed by atoms with E-state index in [1.165, 1.54) is 11.1 Å². The van der Waals surface area contributed by atoms with Crippen LogP contribution >= 0.6 is 0 Å². The molecule has 1 amide bonds. The van der Waals surface area contributed by atoms with Crippen LogP contribution in [-0.2, 0) is 20.8 Å². The summed E-state index contributed by atoms with van der Waals surface area (Å²) >= 11 is 0. The van der Waals surface area contributed by atoms with Gasteiger partial charge in [-0.1, -0.05) is 42.5 Å². The third-order valence-electron chi connectivity index (χ3n) is 7.72. The van der Waals surface area contributed by atoms with Crippen LogP contribution in [0, 0.1) is 5.92 Å². The van der Waals surface area contributed by atoms with Crippen molar-refractivity contribution in [1.29, 1.82) is 0 Å². The SMILES string of the molecule is COc1ccc([C@H]2CN(Cc3ccccc3)[C@@H]3CCN(C(=O)COC[C@H]4CCCO4)C[C@H]23)cc1. The lowest BCUT2D eigenvalue weighted by Crippen LogP contribution is -2.49. The van der Waals surface area contributed by atoms with E-state index in [1.807, 2.05) is 4.90 Å². The maximum absolute atomic E-state index is 13.0. The number of ether oxygens (including phenoxy) is 3. The van der Waals surface area contributed by atoms with Gasteiger partial charge in [0.25, 0.3) is 0 Å². The second-order valence-electron chi connectivity index (χ2n) is 9.80. The summed E-state index contributed by atoms with van der Waals surface area (Å²) in [4.78, 5) is 17.6. The lowest BCUT2D eigenvalue weighted by atomic mass is 9.81. The fraction of sp³-hybridized carbons (Fsp3) is 0.536. The summed E-state index contributed by atoms with van der Waals surface area (Å²) in [5.74, 6) is 1.78. The van der Waals surface area contributed by atoms with Gasteiger partial charge in [0.2, 0.25) is 5.91 Å². The van der Waals surface area contributed by atoms with Crippen molar-refractivity contribution in [3.63, 3.8) is 0 Å². The molecule has 3 aliphatic heterocycles. The fourth-order valence-corrected chi connectivity index (χ4v) is 5.92. The number of rotatable bonds is 8. The Hall–Kier alpha value is -2.41. The van der Waals surface area contributed by atoms with E-state index in [-0.39, 0.29) is 18.6 Å². The van der Waals surface area contributed by atoms with Gasteiger partial charge in [0.05, 0.1) is 19.8 Å². The molecular formula is C28H36N2O4. The van der Waals surface area contributed by atoms with Crippen LogP contribution in [0.5, 0.6) is 5.75 Å². The number of benzene rings is 2. The fourth-order valence-electron chi connectivity index (χ4n) is 5.92. The normalized spacial score (nSPS) is 27.0. The largest absolute Gasteiger partial charge is 0.497 e. The van der Waals surface area contributed by atoms with Crippen molar-refractivity contribution in [3.8, 4) is 5.75 Å². The number of hydrogen-bond acceptors (Lipinski definition) is 5. The number of carbonyl (C=O) groups excluding carboxylic acids is 1. The number of hydrogen-bond donors (Lipinski definition) is 0. The van der Waals surface area contributed by atoms with Crippen molar-refractivity contribution in [2.45, 2.75) is 43.9 Å². The maximum atomic E-state index is 13.0. The Labute approximate surface area is 202 Å². The first kappa shape index (κ1) is 23.3. The summed E-state index contributed by atoms with van der Waals surface area (Å²) in [6, 6.07) is 19.7. The molecule has 0 unspecified atom stereocenters. The molecule has 6 nitrogen and oxygen atoms in total. The van der Waals surface area contributed by atoms with Crippen LogP contribution in [0.2, 0.25) is 0 Å². The van der Waals surface area contributed by atoms with Gasteiger partial charge in [-0.25, -0.2) is 0 Å². The zero-order chi connectivity index (χ0) is 23.3. The number of piperidine rings is 1. The summed E-state index contributed by atoms with van der Waals surface area (Å²) in [7, 11) is 1.70. The van der Waals surface area contributed by atoms with Gasteiger partial charge >= 0.3 is 0 Å². The van der Waals surface area contributed by atoms with Gasteiger partial charge < -0.3 is 19.1 Å². The molecule has 182 valence electrons. The van der Waals surface area contributed by atoms with Crippen molar-refractivity contribution >= 4 is 5.91 Å². The molecule has 2 aromatic carbocycles. The van der Waals surface area contributed by atoms with Crippen molar-refractivity contribution in [2.24, 2.45) is 5.92 Å². The molecule has 0 aliphatic carbocycles. The molecule has 0 aromatic heterocycles. The van der Waals surface area contributed by atoms with Crippen LogP contribution < -0.4 is 4.74 Å². The number of amides is 1. The van der Waals surface area contributed by atoms with Gasteiger partial charge in [-0.05, 0) is 42.5 Å². The van der Waals surface area contributed by atoms with Crippen molar-refractivity contribution in [3.05, 3.63) is 65.7 Å². The molecule has 2 aromatic rings. The lowest BCUT2D eigenvalue weighted by Gasteiger charge is -2.39. The van der Waals surface area contributed by atoms with Crippen LogP contribution in [0.15, 0.2) is 54.6 Å². The van der Waals surface area contributed by atoms with E-state index < -0.39 is 0 Å².